The van der Waals surface area contributed by atoms with E-state index in [0.717, 1.165) is 17.7 Å². The summed E-state index contributed by atoms with van der Waals surface area (Å²) in [6, 6.07) is 7.40. The Morgan fingerprint density at radius 3 is 2.31 bits per heavy atom. The summed E-state index contributed by atoms with van der Waals surface area (Å²) in [6.07, 6.45) is 2.92. The summed E-state index contributed by atoms with van der Waals surface area (Å²) in [5.74, 6) is -1.40. The van der Waals surface area contributed by atoms with Gasteiger partial charge in [0.1, 0.15) is 17.6 Å². The van der Waals surface area contributed by atoms with Gasteiger partial charge in [-0.2, -0.15) is 5.01 Å². The molecule has 10 heteroatoms. The lowest BCUT2D eigenvalue weighted by atomic mass is 9.77. The normalized spacial score (nSPS) is 30.0. The summed E-state index contributed by atoms with van der Waals surface area (Å²) >= 11 is 0. The quantitative estimate of drug-likeness (QED) is 0.595. The molecule has 1 spiro atoms. The van der Waals surface area contributed by atoms with Crippen LogP contribution in [0.15, 0.2) is 30.3 Å². The first-order valence-corrected chi connectivity index (χ1v) is 10.9. The lowest BCUT2D eigenvalue weighted by Gasteiger charge is -2.33. The molecule has 2 saturated heterocycles. The SMILES string of the molecule is CCC1(c2ccccc2)NC(=O)N(CC(=O)NN2C(=O)NC3(CCC(C)CC3)C2=O)C1=O. The van der Waals surface area contributed by atoms with Crippen LogP contribution in [-0.4, -0.2) is 51.8 Å². The van der Waals surface area contributed by atoms with Crippen LogP contribution in [0.4, 0.5) is 9.59 Å². The minimum atomic E-state index is -1.26. The van der Waals surface area contributed by atoms with E-state index < -0.39 is 47.4 Å². The fourth-order valence-corrected chi connectivity index (χ4v) is 4.75. The zero-order valence-corrected chi connectivity index (χ0v) is 18.1. The predicted octanol–water partition coefficient (Wildman–Crippen LogP) is 1.38. The zero-order chi connectivity index (χ0) is 23.1. The molecule has 0 aromatic heterocycles. The van der Waals surface area contributed by atoms with E-state index >= 15 is 0 Å². The van der Waals surface area contributed by atoms with Crippen molar-refractivity contribution in [3.63, 3.8) is 0 Å². The van der Waals surface area contributed by atoms with E-state index in [-0.39, 0.29) is 0 Å². The van der Waals surface area contributed by atoms with E-state index in [0.29, 0.717) is 35.8 Å². The van der Waals surface area contributed by atoms with Crippen molar-refractivity contribution in [3.8, 4) is 0 Å². The van der Waals surface area contributed by atoms with E-state index in [1.165, 1.54) is 0 Å². The van der Waals surface area contributed by atoms with Gasteiger partial charge in [-0.3, -0.25) is 24.7 Å². The molecule has 1 saturated carbocycles. The van der Waals surface area contributed by atoms with Gasteiger partial charge in [0.15, 0.2) is 0 Å². The first kappa shape index (κ1) is 21.8. The largest absolute Gasteiger partial charge is 0.344 e. The highest BCUT2D eigenvalue weighted by Gasteiger charge is 2.54. The average molecular weight is 441 g/mol. The molecule has 2 heterocycles. The van der Waals surface area contributed by atoms with Gasteiger partial charge in [-0.25, -0.2) is 9.59 Å². The van der Waals surface area contributed by atoms with Crippen LogP contribution in [0.3, 0.4) is 0 Å². The van der Waals surface area contributed by atoms with Crippen molar-refractivity contribution in [1.29, 1.82) is 0 Å². The summed E-state index contributed by atoms with van der Waals surface area (Å²) in [6.45, 7) is 3.25. The molecule has 1 aliphatic carbocycles. The van der Waals surface area contributed by atoms with Gasteiger partial charge in [0.2, 0.25) is 0 Å². The fourth-order valence-electron chi connectivity index (χ4n) is 4.75. The van der Waals surface area contributed by atoms with Crippen molar-refractivity contribution >= 4 is 29.8 Å². The number of hydrogen-bond acceptors (Lipinski definition) is 5. The Bertz CT molecular complexity index is 972. The maximum absolute atomic E-state index is 13.1. The molecule has 4 rings (SSSR count). The minimum absolute atomic E-state index is 0.299. The Morgan fingerprint density at radius 1 is 1.03 bits per heavy atom. The number of nitrogens with one attached hydrogen (secondary N) is 3. The fraction of sp³-hybridized carbons (Fsp3) is 0.500. The van der Waals surface area contributed by atoms with E-state index in [9.17, 15) is 24.0 Å². The first-order chi connectivity index (χ1) is 15.2. The van der Waals surface area contributed by atoms with Crippen LogP contribution in [-0.2, 0) is 19.9 Å². The molecule has 1 aromatic carbocycles. The van der Waals surface area contributed by atoms with E-state index in [1.54, 1.807) is 37.3 Å². The van der Waals surface area contributed by atoms with Gasteiger partial charge in [-0.15, -0.1) is 0 Å². The second-order valence-electron chi connectivity index (χ2n) is 8.82. The zero-order valence-electron chi connectivity index (χ0n) is 18.1. The second kappa shape index (κ2) is 7.92. The van der Waals surface area contributed by atoms with Crippen molar-refractivity contribution in [2.45, 2.75) is 57.0 Å². The predicted molar refractivity (Wildman–Crippen MR) is 113 cm³/mol. The topological polar surface area (TPSA) is 128 Å². The van der Waals surface area contributed by atoms with E-state index in [2.05, 4.69) is 23.0 Å². The number of imide groups is 2. The van der Waals surface area contributed by atoms with Crippen molar-refractivity contribution in [2.75, 3.05) is 6.54 Å². The number of benzene rings is 1. The van der Waals surface area contributed by atoms with Gasteiger partial charge in [-0.1, -0.05) is 44.2 Å². The second-order valence-corrected chi connectivity index (χ2v) is 8.82. The third-order valence-electron chi connectivity index (χ3n) is 6.80. The Kier molecular flexibility index (Phi) is 5.39. The third-order valence-corrected chi connectivity index (χ3v) is 6.80. The molecule has 1 aromatic rings. The first-order valence-electron chi connectivity index (χ1n) is 10.9. The smallest absolute Gasteiger partial charge is 0.322 e. The number of carbonyl (C=O) groups excluding carboxylic acids is 5. The average Bonchev–Trinajstić information content (AvgIpc) is 3.16. The molecule has 0 bridgehead atoms. The standard InChI is InChI=1S/C22H27N5O5/c1-3-22(15-7-5-4-6-8-15)18(30)26(19(31)24-22)13-16(28)25-27-17(29)21(23-20(27)32)11-9-14(2)10-12-21/h4-8,14H,3,9-13H2,1-2H3,(H,23,32)(H,24,31)(H,25,28). The van der Waals surface area contributed by atoms with Crippen molar-refractivity contribution in [1.82, 2.24) is 26.0 Å². The summed E-state index contributed by atoms with van der Waals surface area (Å²) < 4.78 is 0. The van der Waals surface area contributed by atoms with Gasteiger partial charge >= 0.3 is 12.1 Å². The van der Waals surface area contributed by atoms with Crippen LogP contribution in [0, 0.1) is 5.92 Å². The number of rotatable bonds is 5. The van der Waals surface area contributed by atoms with Crippen LogP contribution >= 0.6 is 0 Å². The summed E-state index contributed by atoms with van der Waals surface area (Å²) in [7, 11) is 0. The van der Waals surface area contributed by atoms with Gasteiger partial charge in [0.05, 0.1) is 0 Å². The molecule has 7 amide bonds. The molecule has 1 atom stereocenters. The number of nitrogens with zero attached hydrogens (tertiary/aromatic N) is 2. The van der Waals surface area contributed by atoms with Crippen LogP contribution in [0.25, 0.3) is 0 Å². The Hall–Kier alpha value is -3.43. The lowest BCUT2D eigenvalue weighted by molar-refractivity contribution is -0.141. The molecule has 0 radical (unpaired) electrons. The molecular formula is C22H27N5O5. The van der Waals surface area contributed by atoms with Crippen molar-refractivity contribution in [2.24, 2.45) is 5.92 Å². The van der Waals surface area contributed by atoms with E-state index in [1.807, 2.05) is 0 Å². The highest BCUT2D eigenvalue weighted by molar-refractivity contribution is 6.11. The number of amides is 7. The summed E-state index contributed by atoms with van der Waals surface area (Å²) in [4.78, 5) is 64.5. The van der Waals surface area contributed by atoms with Crippen molar-refractivity contribution < 1.29 is 24.0 Å². The molecule has 32 heavy (non-hydrogen) atoms. The summed E-state index contributed by atoms with van der Waals surface area (Å²) in [5.41, 5.74) is 0.631. The molecule has 2 aliphatic heterocycles. The van der Waals surface area contributed by atoms with Crippen LogP contribution in [0.5, 0.6) is 0 Å². The maximum Gasteiger partial charge on any atom is 0.344 e. The number of hydrazine groups is 1. The summed E-state index contributed by atoms with van der Waals surface area (Å²) in [5, 5.41) is 6.08. The third kappa shape index (κ3) is 3.39. The number of urea groups is 2. The molecule has 3 aliphatic rings. The van der Waals surface area contributed by atoms with Crippen molar-refractivity contribution in [3.05, 3.63) is 35.9 Å². The highest BCUT2D eigenvalue weighted by Crippen LogP contribution is 2.36. The molecule has 1 unspecified atom stereocenters. The van der Waals surface area contributed by atoms with E-state index in [4.69, 9.17) is 0 Å². The molecule has 3 N–H and O–H groups in total. The minimum Gasteiger partial charge on any atom is -0.322 e. The van der Waals surface area contributed by atoms with Gasteiger partial charge < -0.3 is 10.6 Å². The number of hydrogen-bond donors (Lipinski definition) is 3. The molecular weight excluding hydrogens is 414 g/mol. The number of carbonyl (C=O) groups is 5. The Morgan fingerprint density at radius 2 is 1.69 bits per heavy atom. The van der Waals surface area contributed by atoms with Gasteiger partial charge in [0.25, 0.3) is 17.7 Å². The Balaban J connectivity index is 1.45. The maximum atomic E-state index is 13.1. The Labute approximate surface area is 185 Å². The molecule has 170 valence electrons. The highest BCUT2D eigenvalue weighted by atomic mass is 16.2. The van der Waals surface area contributed by atoms with Gasteiger partial charge in [0, 0.05) is 0 Å². The van der Waals surface area contributed by atoms with Gasteiger partial charge in [-0.05, 0) is 43.6 Å². The molecule has 3 fully saturated rings. The van der Waals surface area contributed by atoms with Crippen LogP contribution in [0.1, 0.15) is 51.5 Å². The lowest BCUT2D eigenvalue weighted by Crippen LogP contribution is -2.53. The molecule has 10 nitrogen and oxygen atoms in total. The van der Waals surface area contributed by atoms with Crippen LogP contribution in [0.2, 0.25) is 0 Å². The van der Waals surface area contributed by atoms with Crippen LogP contribution < -0.4 is 16.1 Å². The monoisotopic (exact) mass is 441 g/mol.